The van der Waals surface area contributed by atoms with E-state index in [2.05, 4.69) is 4.72 Å². The molecule has 0 aromatic heterocycles. The lowest BCUT2D eigenvalue weighted by molar-refractivity contribution is 0.316. The van der Waals surface area contributed by atoms with Gasteiger partial charge in [-0.3, -0.25) is 0 Å². The molecule has 0 aliphatic heterocycles. The van der Waals surface area contributed by atoms with E-state index in [1.54, 1.807) is 0 Å². The highest BCUT2D eigenvalue weighted by Gasteiger charge is 2.25. The highest BCUT2D eigenvalue weighted by atomic mass is 32.2. The second kappa shape index (κ2) is 5.52. The van der Waals surface area contributed by atoms with Crippen molar-refractivity contribution in [1.82, 2.24) is 4.72 Å². The van der Waals surface area contributed by atoms with E-state index in [1.165, 1.54) is 12.1 Å². The monoisotopic (exact) mass is 302 g/mol. The van der Waals surface area contributed by atoms with Gasteiger partial charge in [0.2, 0.25) is 10.0 Å². The predicted octanol–water partition coefficient (Wildman–Crippen LogP) is 1.54. The molecule has 0 unspecified atom stereocenters. The van der Waals surface area contributed by atoms with E-state index in [-0.39, 0.29) is 15.4 Å². The number of halogens is 1. The van der Waals surface area contributed by atoms with E-state index in [0.29, 0.717) is 12.5 Å². The van der Waals surface area contributed by atoms with Crippen LogP contribution in [0.2, 0.25) is 0 Å². The van der Waals surface area contributed by atoms with Gasteiger partial charge in [-0.1, -0.05) is 24.7 Å². The van der Waals surface area contributed by atoms with Crippen LogP contribution in [0.1, 0.15) is 24.8 Å². The maximum atomic E-state index is 13.6. The van der Waals surface area contributed by atoms with Crippen LogP contribution in [0.4, 0.5) is 4.39 Å². The van der Waals surface area contributed by atoms with Gasteiger partial charge in [0.05, 0.1) is 10.5 Å². The molecule has 19 heavy (non-hydrogen) atoms. The minimum Gasteiger partial charge on any atom is -0.389 e. The van der Waals surface area contributed by atoms with Gasteiger partial charge in [0.1, 0.15) is 10.8 Å². The molecular weight excluding hydrogens is 287 g/mol. The quantitative estimate of drug-likeness (QED) is 0.809. The molecule has 1 saturated carbocycles. The first-order valence-corrected chi connectivity index (χ1v) is 7.89. The lowest BCUT2D eigenvalue weighted by Gasteiger charge is -2.25. The van der Waals surface area contributed by atoms with Crippen LogP contribution >= 0.6 is 12.2 Å². The molecule has 0 saturated heterocycles. The van der Waals surface area contributed by atoms with Crippen molar-refractivity contribution in [3.8, 4) is 0 Å². The van der Waals surface area contributed by atoms with Crippen molar-refractivity contribution < 1.29 is 12.8 Å². The van der Waals surface area contributed by atoms with Gasteiger partial charge < -0.3 is 5.73 Å². The first-order valence-electron chi connectivity index (χ1n) is 6.00. The lowest BCUT2D eigenvalue weighted by atomic mass is 9.86. The van der Waals surface area contributed by atoms with Crippen molar-refractivity contribution in [3.63, 3.8) is 0 Å². The standard InChI is InChI=1S/C12H15FN2O2S2/c13-9-5-2-6-10(11(9)12(14)18)19(16,17)15-7-8-3-1-4-8/h2,5-6,8,15H,1,3-4,7H2,(H2,14,18). The molecule has 0 heterocycles. The zero-order chi connectivity index (χ0) is 14.0. The Hall–Kier alpha value is -1.05. The van der Waals surface area contributed by atoms with Crippen LogP contribution in [0.3, 0.4) is 0 Å². The zero-order valence-corrected chi connectivity index (χ0v) is 11.9. The lowest BCUT2D eigenvalue weighted by Crippen LogP contribution is -2.33. The van der Waals surface area contributed by atoms with Crippen LogP contribution in [0.5, 0.6) is 0 Å². The van der Waals surface area contributed by atoms with Gasteiger partial charge in [-0.2, -0.15) is 0 Å². The van der Waals surface area contributed by atoms with E-state index in [9.17, 15) is 12.8 Å². The van der Waals surface area contributed by atoms with Crippen LogP contribution in [-0.2, 0) is 10.0 Å². The summed E-state index contributed by atoms with van der Waals surface area (Å²) in [6.07, 6.45) is 3.17. The summed E-state index contributed by atoms with van der Waals surface area (Å²) in [4.78, 5) is -0.457. The number of thiocarbonyl (C=S) groups is 1. The Morgan fingerprint density at radius 1 is 1.47 bits per heavy atom. The number of hydrogen-bond donors (Lipinski definition) is 2. The molecule has 1 aromatic carbocycles. The van der Waals surface area contributed by atoms with Gasteiger partial charge in [-0.15, -0.1) is 0 Å². The molecule has 4 nitrogen and oxygen atoms in total. The minimum atomic E-state index is -3.79. The summed E-state index contributed by atoms with van der Waals surface area (Å²) >= 11 is 4.72. The summed E-state index contributed by atoms with van der Waals surface area (Å²) in [6, 6.07) is 3.77. The third-order valence-corrected chi connectivity index (χ3v) is 4.97. The first-order chi connectivity index (χ1) is 8.92. The topological polar surface area (TPSA) is 72.2 Å². The Labute approximate surface area is 117 Å². The fourth-order valence-electron chi connectivity index (χ4n) is 1.97. The molecule has 0 bridgehead atoms. The fraction of sp³-hybridized carbons (Fsp3) is 0.417. The Balaban J connectivity index is 2.28. The molecule has 1 aliphatic carbocycles. The summed E-state index contributed by atoms with van der Waals surface area (Å²) in [5.74, 6) is -0.351. The number of nitrogens with one attached hydrogen (secondary N) is 1. The molecule has 0 spiro atoms. The fourth-order valence-corrected chi connectivity index (χ4v) is 3.59. The van der Waals surface area contributed by atoms with E-state index >= 15 is 0 Å². The largest absolute Gasteiger partial charge is 0.389 e. The van der Waals surface area contributed by atoms with Crippen molar-refractivity contribution in [2.75, 3.05) is 6.54 Å². The van der Waals surface area contributed by atoms with Gasteiger partial charge >= 0.3 is 0 Å². The van der Waals surface area contributed by atoms with Gasteiger partial charge in [-0.05, 0) is 30.9 Å². The van der Waals surface area contributed by atoms with Crippen molar-refractivity contribution >= 4 is 27.2 Å². The first kappa shape index (κ1) is 14.4. The van der Waals surface area contributed by atoms with E-state index < -0.39 is 15.8 Å². The van der Waals surface area contributed by atoms with Gasteiger partial charge in [-0.25, -0.2) is 17.5 Å². The summed E-state index contributed by atoms with van der Waals surface area (Å²) in [5, 5.41) is 0. The molecule has 3 N–H and O–H groups in total. The number of nitrogens with two attached hydrogens (primary N) is 1. The molecule has 0 atom stereocenters. The smallest absolute Gasteiger partial charge is 0.241 e. The molecule has 1 fully saturated rings. The average molecular weight is 302 g/mol. The maximum Gasteiger partial charge on any atom is 0.241 e. The summed E-state index contributed by atoms with van der Waals surface area (Å²) in [6.45, 7) is 0.371. The minimum absolute atomic E-state index is 0.195. The summed E-state index contributed by atoms with van der Waals surface area (Å²) < 4.78 is 40.5. The number of rotatable bonds is 5. The Kier molecular flexibility index (Phi) is 4.17. The van der Waals surface area contributed by atoms with Gasteiger partial charge in [0.25, 0.3) is 0 Å². The van der Waals surface area contributed by atoms with Gasteiger partial charge in [0, 0.05) is 6.54 Å². The van der Waals surface area contributed by atoms with E-state index in [0.717, 1.165) is 25.3 Å². The SMILES string of the molecule is NC(=S)c1c(F)cccc1S(=O)(=O)NCC1CCC1. The molecule has 0 amide bonds. The zero-order valence-electron chi connectivity index (χ0n) is 10.2. The number of sulfonamides is 1. The summed E-state index contributed by atoms with van der Waals surface area (Å²) in [5.41, 5.74) is 5.18. The van der Waals surface area contributed by atoms with E-state index in [4.69, 9.17) is 18.0 Å². The van der Waals surface area contributed by atoms with Gasteiger partial charge in [0.15, 0.2) is 0 Å². The van der Waals surface area contributed by atoms with Crippen molar-refractivity contribution in [3.05, 3.63) is 29.6 Å². The van der Waals surface area contributed by atoms with Crippen molar-refractivity contribution in [2.45, 2.75) is 24.2 Å². The van der Waals surface area contributed by atoms with Crippen LogP contribution in [0, 0.1) is 11.7 Å². The van der Waals surface area contributed by atoms with Crippen LogP contribution in [0.15, 0.2) is 23.1 Å². The maximum absolute atomic E-state index is 13.6. The molecule has 104 valence electrons. The molecule has 7 heteroatoms. The third kappa shape index (κ3) is 3.10. The molecule has 1 aromatic rings. The molecule has 0 radical (unpaired) electrons. The molecule has 1 aliphatic rings. The predicted molar refractivity (Wildman–Crippen MR) is 74.8 cm³/mol. The highest BCUT2D eigenvalue weighted by Crippen LogP contribution is 2.26. The molecular formula is C12H15FN2O2S2. The normalized spacial score (nSPS) is 16.1. The molecule has 2 rings (SSSR count). The third-order valence-electron chi connectivity index (χ3n) is 3.30. The van der Waals surface area contributed by atoms with Crippen LogP contribution < -0.4 is 10.5 Å². The van der Waals surface area contributed by atoms with Crippen LogP contribution in [0.25, 0.3) is 0 Å². The Morgan fingerprint density at radius 3 is 2.68 bits per heavy atom. The number of benzene rings is 1. The van der Waals surface area contributed by atoms with Crippen molar-refractivity contribution in [1.29, 1.82) is 0 Å². The average Bonchev–Trinajstić information content (AvgIpc) is 2.25. The second-order valence-corrected chi connectivity index (χ2v) is 6.80. The Bertz CT molecular complexity index is 598. The second-order valence-electron chi connectivity index (χ2n) is 4.63. The summed E-state index contributed by atoms with van der Waals surface area (Å²) in [7, 11) is -3.79. The van der Waals surface area contributed by atoms with E-state index in [1.807, 2.05) is 0 Å². The Morgan fingerprint density at radius 2 is 2.16 bits per heavy atom. The van der Waals surface area contributed by atoms with Crippen LogP contribution in [-0.4, -0.2) is 20.0 Å². The highest BCUT2D eigenvalue weighted by molar-refractivity contribution is 7.89. The van der Waals surface area contributed by atoms with Crippen molar-refractivity contribution in [2.24, 2.45) is 11.7 Å². The number of hydrogen-bond acceptors (Lipinski definition) is 3.